The molecule has 0 amide bonds. The second kappa shape index (κ2) is 8.57. The van der Waals surface area contributed by atoms with Gasteiger partial charge in [0, 0.05) is 29.8 Å². The molecule has 0 N–H and O–H groups in total. The molecule has 1 heterocycles. The Labute approximate surface area is 176 Å². The lowest BCUT2D eigenvalue weighted by Gasteiger charge is -2.03. The Hall–Kier alpha value is -3.72. The molecule has 0 aliphatic rings. The maximum absolute atomic E-state index is 14.5. The highest BCUT2D eigenvalue weighted by atomic mass is 19.2. The van der Waals surface area contributed by atoms with Gasteiger partial charge in [0.2, 0.25) is 0 Å². The van der Waals surface area contributed by atoms with Crippen molar-refractivity contribution in [1.29, 1.82) is 0 Å². The number of rotatable bonds is 3. The molecule has 4 rings (SSSR count). The lowest BCUT2D eigenvalue weighted by Crippen LogP contribution is -1.99. The quantitative estimate of drug-likeness (QED) is 0.242. The van der Waals surface area contributed by atoms with E-state index in [1.165, 1.54) is 24.3 Å². The van der Waals surface area contributed by atoms with E-state index in [1.807, 2.05) is 6.92 Å². The van der Waals surface area contributed by atoms with Gasteiger partial charge in [-0.05, 0) is 60.2 Å². The molecule has 0 radical (unpaired) electrons. The number of nitrogens with zero attached hydrogens (tertiary/aromatic N) is 2. The predicted molar refractivity (Wildman–Crippen MR) is 110 cm³/mol. The highest BCUT2D eigenvalue weighted by molar-refractivity contribution is 5.84. The lowest BCUT2D eigenvalue weighted by atomic mass is 10.0. The first-order valence-corrected chi connectivity index (χ1v) is 9.56. The summed E-state index contributed by atoms with van der Waals surface area (Å²) in [6.07, 6.45) is 4.67. The zero-order valence-electron chi connectivity index (χ0n) is 16.5. The molecule has 6 heteroatoms. The van der Waals surface area contributed by atoms with Crippen LogP contribution in [0.1, 0.15) is 28.1 Å². The Morgan fingerprint density at radius 1 is 0.774 bits per heavy atom. The summed E-state index contributed by atoms with van der Waals surface area (Å²) in [6.45, 7) is 1.91. The average Bonchev–Trinajstić information content (AvgIpc) is 2.76. The first kappa shape index (κ1) is 20.5. The molecule has 31 heavy (non-hydrogen) atoms. The summed E-state index contributed by atoms with van der Waals surface area (Å²) in [6, 6.07) is 9.94. The van der Waals surface area contributed by atoms with Gasteiger partial charge in [0.15, 0.2) is 17.5 Å². The molecule has 0 bridgehead atoms. The maximum Gasteiger partial charge on any atom is 0.195 e. The Balaban J connectivity index is 1.52. The summed E-state index contributed by atoms with van der Waals surface area (Å²) in [4.78, 5) is 8.48. The van der Waals surface area contributed by atoms with Crippen molar-refractivity contribution in [1.82, 2.24) is 9.97 Å². The van der Waals surface area contributed by atoms with E-state index >= 15 is 0 Å². The summed E-state index contributed by atoms with van der Waals surface area (Å²) in [5.74, 6) is 1.72. The van der Waals surface area contributed by atoms with Crippen LogP contribution >= 0.6 is 0 Å². The van der Waals surface area contributed by atoms with E-state index in [0.717, 1.165) is 17.2 Å². The van der Waals surface area contributed by atoms with Crippen LogP contribution in [0, 0.1) is 42.0 Å². The highest BCUT2D eigenvalue weighted by Gasteiger charge is 2.13. The molecule has 0 saturated carbocycles. The van der Waals surface area contributed by atoms with Gasteiger partial charge >= 0.3 is 0 Å². The Morgan fingerprint density at radius 3 is 2.29 bits per heavy atom. The Kier molecular flexibility index (Phi) is 5.68. The highest BCUT2D eigenvalue weighted by Crippen LogP contribution is 2.24. The van der Waals surface area contributed by atoms with Crippen molar-refractivity contribution >= 4 is 10.8 Å². The van der Waals surface area contributed by atoms with Crippen LogP contribution in [-0.2, 0) is 12.8 Å². The van der Waals surface area contributed by atoms with Crippen molar-refractivity contribution < 1.29 is 17.6 Å². The largest absolute Gasteiger partial charge is 0.241 e. The molecule has 0 aliphatic carbocycles. The number of fused-ring (bicyclic) bond motifs is 1. The molecule has 0 spiro atoms. The number of benzene rings is 3. The van der Waals surface area contributed by atoms with Gasteiger partial charge in [-0.1, -0.05) is 24.0 Å². The van der Waals surface area contributed by atoms with Crippen molar-refractivity contribution in [3.05, 3.63) is 106 Å². The monoisotopic (exact) mass is 420 g/mol. The fourth-order valence-electron chi connectivity index (χ4n) is 3.14. The van der Waals surface area contributed by atoms with Crippen LogP contribution in [0.15, 0.2) is 54.9 Å². The van der Waals surface area contributed by atoms with Crippen molar-refractivity contribution in [2.75, 3.05) is 0 Å². The van der Waals surface area contributed by atoms with Crippen LogP contribution in [0.5, 0.6) is 0 Å². The molecule has 0 fully saturated rings. The Bertz CT molecular complexity index is 1340. The molecule has 0 saturated heterocycles. The van der Waals surface area contributed by atoms with E-state index in [0.29, 0.717) is 24.2 Å². The van der Waals surface area contributed by atoms with E-state index in [9.17, 15) is 17.6 Å². The number of hydrogen-bond acceptors (Lipinski definition) is 2. The second-order valence-electron chi connectivity index (χ2n) is 7.16. The molecule has 4 aromatic rings. The van der Waals surface area contributed by atoms with Gasteiger partial charge in [-0.15, -0.1) is 0 Å². The van der Waals surface area contributed by atoms with Gasteiger partial charge in [-0.25, -0.2) is 27.5 Å². The van der Waals surface area contributed by atoms with Crippen molar-refractivity contribution in [3.8, 4) is 11.8 Å². The third-order valence-electron chi connectivity index (χ3n) is 4.82. The fraction of sp³-hybridized carbons (Fsp3) is 0.120. The van der Waals surface area contributed by atoms with Crippen LogP contribution in [0.4, 0.5) is 17.6 Å². The van der Waals surface area contributed by atoms with Crippen LogP contribution in [0.25, 0.3) is 10.8 Å². The van der Waals surface area contributed by atoms with E-state index < -0.39 is 23.3 Å². The minimum atomic E-state index is -1.51. The van der Waals surface area contributed by atoms with E-state index in [1.54, 1.807) is 24.5 Å². The molecule has 0 atom stereocenters. The summed E-state index contributed by atoms with van der Waals surface area (Å²) in [7, 11) is 0. The van der Waals surface area contributed by atoms with Gasteiger partial charge in [-0.2, -0.15) is 0 Å². The standard InChI is InChI=1S/C25H16F4N2/c1-15-13-30-23(31-14-15)9-5-17-3-7-18(21(26)11-17)6-2-16-4-8-20-19(10-16)12-22(27)25(29)24(20)28/h3-4,7-8,10-14H,5,9H2,1H3. The first-order valence-electron chi connectivity index (χ1n) is 9.56. The van der Waals surface area contributed by atoms with Gasteiger partial charge in [0.1, 0.15) is 11.6 Å². The number of hydrogen-bond donors (Lipinski definition) is 0. The first-order chi connectivity index (χ1) is 14.9. The average molecular weight is 420 g/mol. The van der Waals surface area contributed by atoms with E-state index in [2.05, 4.69) is 21.8 Å². The second-order valence-corrected chi connectivity index (χ2v) is 7.16. The summed E-state index contributed by atoms with van der Waals surface area (Å²) < 4.78 is 55.1. The van der Waals surface area contributed by atoms with Gasteiger partial charge < -0.3 is 0 Å². The third-order valence-corrected chi connectivity index (χ3v) is 4.82. The smallest absolute Gasteiger partial charge is 0.195 e. The van der Waals surface area contributed by atoms with Crippen molar-refractivity contribution in [2.45, 2.75) is 19.8 Å². The molecule has 0 unspecified atom stereocenters. The van der Waals surface area contributed by atoms with Crippen LogP contribution in [0.3, 0.4) is 0 Å². The molecule has 2 nitrogen and oxygen atoms in total. The third kappa shape index (κ3) is 4.56. The minimum Gasteiger partial charge on any atom is -0.241 e. The number of halogens is 4. The van der Waals surface area contributed by atoms with Gasteiger partial charge in [-0.3, -0.25) is 0 Å². The Morgan fingerprint density at radius 2 is 1.55 bits per heavy atom. The van der Waals surface area contributed by atoms with Gasteiger partial charge in [0.05, 0.1) is 5.56 Å². The minimum absolute atomic E-state index is 0.0439. The normalized spacial score (nSPS) is 10.7. The summed E-state index contributed by atoms with van der Waals surface area (Å²) >= 11 is 0. The number of aryl methyl sites for hydroxylation is 3. The molecular formula is C25H16F4N2. The predicted octanol–water partition coefficient (Wildman–Crippen LogP) is 5.68. The fourth-order valence-corrected chi connectivity index (χ4v) is 3.14. The lowest BCUT2D eigenvalue weighted by molar-refractivity contribution is 0.453. The topological polar surface area (TPSA) is 25.8 Å². The maximum atomic E-state index is 14.5. The molecule has 0 aliphatic heterocycles. The summed E-state index contributed by atoms with van der Waals surface area (Å²) in [5, 5.41) is 0.134. The SMILES string of the molecule is Cc1cnc(CCc2ccc(C#Cc3ccc4c(F)c(F)c(F)cc4c3)c(F)c2)nc1. The van der Waals surface area contributed by atoms with Crippen molar-refractivity contribution in [3.63, 3.8) is 0 Å². The molecule has 1 aromatic heterocycles. The van der Waals surface area contributed by atoms with E-state index in [4.69, 9.17) is 0 Å². The molecular weight excluding hydrogens is 404 g/mol. The number of aromatic nitrogens is 2. The molecule has 154 valence electrons. The zero-order valence-corrected chi connectivity index (χ0v) is 16.5. The van der Waals surface area contributed by atoms with Gasteiger partial charge in [0.25, 0.3) is 0 Å². The van der Waals surface area contributed by atoms with Crippen LogP contribution in [-0.4, -0.2) is 9.97 Å². The van der Waals surface area contributed by atoms with Crippen molar-refractivity contribution in [2.24, 2.45) is 0 Å². The van der Waals surface area contributed by atoms with E-state index in [-0.39, 0.29) is 16.3 Å². The van der Waals surface area contributed by atoms with Crippen LogP contribution < -0.4 is 0 Å². The summed E-state index contributed by atoms with van der Waals surface area (Å²) in [5.41, 5.74) is 2.40. The zero-order chi connectivity index (χ0) is 22.0. The van der Waals surface area contributed by atoms with Crippen LogP contribution in [0.2, 0.25) is 0 Å². The molecule has 3 aromatic carbocycles.